The van der Waals surface area contributed by atoms with Crippen molar-refractivity contribution in [1.29, 1.82) is 0 Å². The smallest absolute Gasteiger partial charge is 0.231 e. The van der Waals surface area contributed by atoms with Gasteiger partial charge in [0.2, 0.25) is 5.91 Å². The summed E-state index contributed by atoms with van der Waals surface area (Å²) in [6, 6.07) is 3.75. The van der Waals surface area contributed by atoms with Gasteiger partial charge in [-0.2, -0.15) is 5.10 Å². The number of nitrogens with zero attached hydrogens (tertiary/aromatic N) is 6. The molecule has 1 N–H and O–H groups in total. The number of aryl methyl sites for hydroxylation is 1. The molecular weight excluding hydrogens is 350 g/mol. The molecule has 9 heteroatoms. The molecule has 4 rings (SSSR count). The third kappa shape index (κ3) is 3.57. The molecule has 4 heterocycles. The first-order valence-electron chi connectivity index (χ1n) is 8.49. The van der Waals surface area contributed by atoms with Crippen molar-refractivity contribution in [1.82, 2.24) is 24.7 Å². The molecular formula is C17H19N7OS. The van der Waals surface area contributed by atoms with E-state index in [9.17, 15) is 4.79 Å². The quantitative estimate of drug-likeness (QED) is 0.759. The predicted octanol–water partition coefficient (Wildman–Crippen LogP) is 2.28. The van der Waals surface area contributed by atoms with Crippen molar-refractivity contribution in [2.45, 2.75) is 19.8 Å². The normalized spacial score (nSPS) is 17.3. The molecule has 0 bridgehead atoms. The van der Waals surface area contributed by atoms with E-state index < -0.39 is 0 Å². The van der Waals surface area contributed by atoms with Gasteiger partial charge in [0, 0.05) is 36.9 Å². The average Bonchev–Trinajstić information content (AvgIpc) is 3.34. The van der Waals surface area contributed by atoms with Gasteiger partial charge in [-0.25, -0.2) is 19.6 Å². The molecule has 3 aromatic heterocycles. The molecule has 1 saturated heterocycles. The molecule has 0 aliphatic carbocycles. The van der Waals surface area contributed by atoms with Crippen LogP contribution in [-0.2, 0) is 4.79 Å². The minimum atomic E-state index is -0.0870. The number of aromatic nitrogens is 5. The number of hydrogen-bond donors (Lipinski definition) is 1. The SMILES string of the molecule is Cc1csc(NC(=O)C2CCCN(c3cc(-n4cccn4)ncn3)C2)n1. The Bertz CT molecular complexity index is 892. The van der Waals surface area contributed by atoms with E-state index in [4.69, 9.17) is 0 Å². The van der Waals surface area contributed by atoms with E-state index in [0.717, 1.165) is 30.9 Å². The van der Waals surface area contributed by atoms with E-state index in [2.05, 4.69) is 30.3 Å². The summed E-state index contributed by atoms with van der Waals surface area (Å²) in [5.41, 5.74) is 0.919. The van der Waals surface area contributed by atoms with Crippen LogP contribution in [0.25, 0.3) is 5.82 Å². The van der Waals surface area contributed by atoms with Crippen molar-refractivity contribution >= 4 is 28.2 Å². The largest absolute Gasteiger partial charge is 0.356 e. The second-order valence-corrected chi connectivity index (χ2v) is 7.11. The zero-order chi connectivity index (χ0) is 17.9. The highest BCUT2D eigenvalue weighted by Crippen LogP contribution is 2.24. The Balaban J connectivity index is 1.46. The molecule has 3 aromatic rings. The van der Waals surface area contributed by atoms with Crippen molar-refractivity contribution in [2.75, 3.05) is 23.3 Å². The number of carbonyl (C=O) groups is 1. The molecule has 1 amide bonds. The highest BCUT2D eigenvalue weighted by molar-refractivity contribution is 7.13. The Kier molecular flexibility index (Phi) is 4.61. The van der Waals surface area contributed by atoms with Gasteiger partial charge < -0.3 is 10.2 Å². The van der Waals surface area contributed by atoms with E-state index in [0.29, 0.717) is 17.5 Å². The van der Waals surface area contributed by atoms with Crippen LogP contribution in [0, 0.1) is 12.8 Å². The van der Waals surface area contributed by atoms with Crippen LogP contribution in [0.2, 0.25) is 0 Å². The van der Waals surface area contributed by atoms with Gasteiger partial charge in [0.05, 0.1) is 11.6 Å². The van der Waals surface area contributed by atoms with Gasteiger partial charge in [0.1, 0.15) is 12.1 Å². The van der Waals surface area contributed by atoms with Gasteiger partial charge in [-0.3, -0.25) is 4.79 Å². The van der Waals surface area contributed by atoms with Crippen molar-refractivity contribution < 1.29 is 4.79 Å². The molecule has 0 spiro atoms. The van der Waals surface area contributed by atoms with Crippen molar-refractivity contribution in [2.24, 2.45) is 5.92 Å². The number of piperidine rings is 1. The first kappa shape index (κ1) is 16.6. The van der Waals surface area contributed by atoms with Crippen molar-refractivity contribution in [3.05, 3.63) is 41.9 Å². The van der Waals surface area contributed by atoms with E-state index in [1.54, 1.807) is 10.9 Å². The van der Waals surface area contributed by atoms with Crippen LogP contribution in [0.4, 0.5) is 10.9 Å². The fourth-order valence-electron chi connectivity index (χ4n) is 3.06. The third-order valence-electron chi connectivity index (χ3n) is 4.34. The van der Waals surface area contributed by atoms with Crippen LogP contribution in [0.1, 0.15) is 18.5 Å². The number of hydrogen-bond acceptors (Lipinski definition) is 7. The molecule has 1 aliphatic heterocycles. The monoisotopic (exact) mass is 369 g/mol. The number of carbonyl (C=O) groups excluding carboxylic acids is 1. The molecule has 26 heavy (non-hydrogen) atoms. The molecule has 0 aromatic carbocycles. The number of anilines is 2. The maximum absolute atomic E-state index is 12.6. The average molecular weight is 369 g/mol. The summed E-state index contributed by atoms with van der Waals surface area (Å²) in [4.78, 5) is 27.7. The lowest BCUT2D eigenvalue weighted by Gasteiger charge is -2.32. The van der Waals surface area contributed by atoms with Crippen LogP contribution in [0.5, 0.6) is 0 Å². The maximum atomic E-state index is 12.6. The van der Waals surface area contributed by atoms with Gasteiger partial charge >= 0.3 is 0 Å². The molecule has 8 nitrogen and oxygen atoms in total. The Morgan fingerprint density at radius 1 is 1.35 bits per heavy atom. The van der Waals surface area contributed by atoms with E-state index in [1.165, 1.54) is 17.7 Å². The topological polar surface area (TPSA) is 88.8 Å². The van der Waals surface area contributed by atoms with Crippen LogP contribution in [0.3, 0.4) is 0 Å². The summed E-state index contributed by atoms with van der Waals surface area (Å²) in [5, 5.41) is 9.73. The summed E-state index contributed by atoms with van der Waals surface area (Å²) in [6.45, 7) is 3.42. The van der Waals surface area contributed by atoms with Crippen LogP contribution in [0.15, 0.2) is 36.2 Å². The molecule has 1 unspecified atom stereocenters. The Labute approximate surface area is 154 Å². The van der Waals surface area contributed by atoms with Crippen molar-refractivity contribution in [3.8, 4) is 5.82 Å². The minimum Gasteiger partial charge on any atom is -0.356 e. The Morgan fingerprint density at radius 2 is 2.23 bits per heavy atom. The summed E-state index contributed by atoms with van der Waals surface area (Å²) >= 11 is 1.45. The first-order chi connectivity index (χ1) is 12.7. The Morgan fingerprint density at radius 3 is 3.00 bits per heavy atom. The summed E-state index contributed by atoms with van der Waals surface area (Å²) in [5.74, 6) is 1.46. The van der Waals surface area contributed by atoms with Gasteiger partial charge in [-0.15, -0.1) is 11.3 Å². The van der Waals surface area contributed by atoms with Gasteiger partial charge in [-0.1, -0.05) is 0 Å². The van der Waals surface area contributed by atoms with E-state index >= 15 is 0 Å². The van der Waals surface area contributed by atoms with Gasteiger partial charge in [0.25, 0.3) is 0 Å². The molecule has 134 valence electrons. The number of rotatable bonds is 4. The van der Waals surface area contributed by atoms with Crippen LogP contribution >= 0.6 is 11.3 Å². The zero-order valence-corrected chi connectivity index (χ0v) is 15.2. The second kappa shape index (κ2) is 7.20. The lowest BCUT2D eigenvalue weighted by atomic mass is 9.97. The first-order valence-corrected chi connectivity index (χ1v) is 9.37. The van der Waals surface area contributed by atoms with Crippen molar-refractivity contribution in [3.63, 3.8) is 0 Å². The van der Waals surface area contributed by atoms with Gasteiger partial charge in [0.15, 0.2) is 10.9 Å². The number of thiazole rings is 1. The zero-order valence-electron chi connectivity index (χ0n) is 14.4. The fourth-order valence-corrected chi connectivity index (χ4v) is 3.75. The maximum Gasteiger partial charge on any atom is 0.231 e. The van der Waals surface area contributed by atoms with Crippen LogP contribution in [-0.4, -0.2) is 43.7 Å². The molecule has 0 radical (unpaired) electrons. The standard InChI is InChI=1S/C17H19N7OS/c1-12-10-26-17(21-12)22-16(25)13-4-2-6-23(9-13)14-8-15(19-11-18-14)24-7-3-5-20-24/h3,5,7-8,10-11,13H,2,4,6,9H2,1H3,(H,21,22,25). The lowest BCUT2D eigenvalue weighted by Crippen LogP contribution is -2.41. The second-order valence-electron chi connectivity index (χ2n) is 6.25. The fraction of sp³-hybridized carbons (Fsp3) is 0.353. The van der Waals surface area contributed by atoms with E-state index in [-0.39, 0.29) is 11.8 Å². The number of amides is 1. The summed E-state index contributed by atoms with van der Waals surface area (Å²) in [7, 11) is 0. The lowest BCUT2D eigenvalue weighted by molar-refractivity contribution is -0.120. The highest BCUT2D eigenvalue weighted by atomic mass is 32.1. The molecule has 1 aliphatic rings. The third-order valence-corrected chi connectivity index (χ3v) is 5.22. The molecule has 1 atom stereocenters. The van der Waals surface area contributed by atoms with Crippen LogP contribution < -0.4 is 10.2 Å². The minimum absolute atomic E-state index is 0.0189. The Hall–Kier alpha value is -2.81. The number of nitrogens with one attached hydrogen (secondary N) is 1. The highest BCUT2D eigenvalue weighted by Gasteiger charge is 2.27. The molecule has 0 saturated carbocycles. The molecule has 1 fully saturated rings. The van der Waals surface area contributed by atoms with Gasteiger partial charge in [-0.05, 0) is 25.8 Å². The predicted molar refractivity (Wildman–Crippen MR) is 99.6 cm³/mol. The van der Waals surface area contributed by atoms with E-state index in [1.807, 2.05) is 30.6 Å². The summed E-state index contributed by atoms with van der Waals surface area (Å²) < 4.78 is 1.70. The summed E-state index contributed by atoms with van der Waals surface area (Å²) in [6.07, 6.45) is 6.90.